The summed E-state index contributed by atoms with van der Waals surface area (Å²) in [4.78, 5) is 10.1. The number of nitrogens with one attached hydrogen (secondary N) is 1. The van der Waals surface area contributed by atoms with E-state index >= 15 is 0 Å². The summed E-state index contributed by atoms with van der Waals surface area (Å²) in [6.07, 6.45) is 0. The third kappa shape index (κ3) is 11.0. The van der Waals surface area contributed by atoms with Crippen LogP contribution in [0.1, 0.15) is 21.3 Å². The summed E-state index contributed by atoms with van der Waals surface area (Å²) < 4.78 is 0. The quantitative estimate of drug-likeness (QED) is 0.518. The highest BCUT2D eigenvalue weighted by Crippen LogP contribution is 1.57. The zero-order valence-corrected chi connectivity index (χ0v) is 5.12. The predicted octanol–water partition coefficient (Wildman–Crippen LogP) is 0.782. The second-order valence-electron chi connectivity index (χ2n) is 1.34. The molecule has 52 valence electrons. The van der Waals surface area contributed by atoms with Gasteiger partial charge in [-0.15, -0.1) is 5.92 Å². The fourth-order valence-corrected chi connectivity index (χ4v) is 0.257. The number of rotatable bonds is 1. The summed E-state index contributed by atoms with van der Waals surface area (Å²) in [6.45, 7) is 3.67. The van der Waals surface area contributed by atoms with Crippen LogP contribution < -0.4 is 5.32 Å². The summed E-state index contributed by atoms with van der Waals surface area (Å²) in [7, 11) is 0. The summed E-state index contributed by atoms with van der Waals surface area (Å²) in [5.74, 6) is 5.32. The first-order valence-electron chi connectivity index (χ1n) is 2.41. The van der Waals surface area contributed by atoms with Crippen LogP contribution in [-0.4, -0.2) is 12.5 Å². The molecule has 0 radical (unpaired) electrons. The Hall–Kier alpha value is -0.970. The van der Waals surface area contributed by atoms with Gasteiger partial charge in [-0.3, -0.25) is 4.79 Å². The standard InChI is InChI=1S/C6H9NO.CH4/c1-3-4-5-7-6(2)8;/h5H2,1-2H3,(H,7,8);1H4. The Balaban J connectivity index is 0. The third-order valence-corrected chi connectivity index (χ3v) is 0.602. The van der Waals surface area contributed by atoms with Gasteiger partial charge in [0.15, 0.2) is 0 Å². The lowest BCUT2D eigenvalue weighted by atomic mass is 10.5. The van der Waals surface area contributed by atoms with Crippen LogP contribution in [0, 0.1) is 11.8 Å². The molecule has 0 saturated carbocycles. The van der Waals surface area contributed by atoms with Crippen LogP contribution in [0.15, 0.2) is 0 Å². The van der Waals surface area contributed by atoms with Crippen LogP contribution in [0.2, 0.25) is 0 Å². The van der Waals surface area contributed by atoms with E-state index in [-0.39, 0.29) is 13.3 Å². The van der Waals surface area contributed by atoms with Crippen LogP contribution in [-0.2, 0) is 4.79 Å². The zero-order valence-electron chi connectivity index (χ0n) is 5.12. The van der Waals surface area contributed by atoms with Gasteiger partial charge in [-0.1, -0.05) is 13.3 Å². The highest BCUT2D eigenvalue weighted by molar-refractivity contribution is 5.73. The number of carbonyl (C=O) groups is 1. The van der Waals surface area contributed by atoms with Crippen molar-refractivity contribution in [1.29, 1.82) is 0 Å². The van der Waals surface area contributed by atoms with Gasteiger partial charge in [0.05, 0.1) is 6.54 Å². The highest BCUT2D eigenvalue weighted by Gasteiger charge is 1.81. The first-order chi connectivity index (χ1) is 3.77. The molecule has 2 nitrogen and oxygen atoms in total. The fourth-order valence-electron chi connectivity index (χ4n) is 0.257. The lowest BCUT2D eigenvalue weighted by Crippen LogP contribution is -2.19. The smallest absolute Gasteiger partial charge is 0.217 e. The van der Waals surface area contributed by atoms with E-state index in [2.05, 4.69) is 17.2 Å². The highest BCUT2D eigenvalue weighted by atomic mass is 16.1. The maximum atomic E-state index is 10.1. The minimum atomic E-state index is -0.0345. The molecule has 0 aliphatic heterocycles. The third-order valence-electron chi connectivity index (χ3n) is 0.602. The SMILES string of the molecule is C.CC#CCNC(C)=O. The molecule has 1 amide bonds. The molecule has 0 aliphatic carbocycles. The van der Waals surface area contributed by atoms with Crippen LogP contribution in [0.4, 0.5) is 0 Å². The van der Waals surface area contributed by atoms with Gasteiger partial charge in [0.1, 0.15) is 0 Å². The molecule has 0 fully saturated rings. The lowest BCUT2D eigenvalue weighted by molar-refractivity contribution is -0.118. The van der Waals surface area contributed by atoms with Crippen molar-refractivity contribution in [1.82, 2.24) is 5.32 Å². The van der Waals surface area contributed by atoms with Crippen molar-refractivity contribution in [2.45, 2.75) is 21.3 Å². The maximum Gasteiger partial charge on any atom is 0.217 e. The Labute approximate surface area is 56.6 Å². The molecule has 0 bridgehead atoms. The predicted molar refractivity (Wildman–Crippen MR) is 38.9 cm³/mol. The Morgan fingerprint density at radius 3 is 2.56 bits per heavy atom. The second kappa shape index (κ2) is 7.03. The van der Waals surface area contributed by atoms with Crippen molar-refractivity contribution in [3.63, 3.8) is 0 Å². The molecule has 0 aliphatic rings. The van der Waals surface area contributed by atoms with E-state index in [0.717, 1.165) is 0 Å². The lowest BCUT2D eigenvalue weighted by Gasteiger charge is -1.89. The van der Waals surface area contributed by atoms with Gasteiger partial charge in [-0.2, -0.15) is 0 Å². The molecular formula is C7H13NO. The largest absolute Gasteiger partial charge is 0.345 e. The molecule has 1 N–H and O–H groups in total. The maximum absolute atomic E-state index is 10.1. The van der Waals surface area contributed by atoms with Gasteiger partial charge < -0.3 is 5.32 Å². The van der Waals surface area contributed by atoms with Crippen molar-refractivity contribution in [3.8, 4) is 11.8 Å². The molecule has 0 saturated heterocycles. The molecule has 0 aromatic carbocycles. The Kier molecular flexibility index (Phi) is 8.53. The van der Waals surface area contributed by atoms with E-state index in [0.29, 0.717) is 6.54 Å². The molecule has 0 unspecified atom stereocenters. The number of carbonyl (C=O) groups excluding carboxylic acids is 1. The monoisotopic (exact) mass is 127 g/mol. The van der Waals surface area contributed by atoms with Crippen LogP contribution >= 0.6 is 0 Å². The Morgan fingerprint density at radius 2 is 2.22 bits per heavy atom. The molecule has 2 heteroatoms. The molecule has 0 aromatic rings. The Morgan fingerprint density at radius 1 is 1.67 bits per heavy atom. The van der Waals surface area contributed by atoms with E-state index in [1.807, 2.05) is 0 Å². The van der Waals surface area contributed by atoms with Crippen LogP contribution in [0.25, 0.3) is 0 Å². The van der Waals surface area contributed by atoms with Crippen molar-refractivity contribution in [2.24, 2.45) is 0 Å². The first kappa shape index (κ1) is 10.9. The zero-order chi connectivity index (χ0) is 6.41. The van der Waals surface area contributed by atoms with Crippen molar-refractivity contribution < 1.29 is 4.79 Å². The van der Waals surface area contributed by atoms with E-state index < -0.39 is 0 Å². The van der Waals surface area contributed by atoms with Gasteiger partial charge in [-0.25, -0.2) is 0 Å². The molecule has 0 atom stereocenters. The van der Waals surface area contributed by atoms with Gasteiger partial charge in [0.2, 0.25) is 5.91 Å². The van der Waals surface area contributed by atoms with E-state index in [4.69, 9.17) is 0 Å². The van der Waals surface area contributed by atoms with Crippen LogP contribution in [0.5, 0.6) is 0 Å². The topological polar surface area (TPSA) is 29.1 Å². The number of hydrogen-bond donors (Lipinski definition) is 1. The van der Waals surface area contributed by atoms with Crippen molar-refractivity contribution in [3.05, 3.63) is 0 Å². The molecular weight excluding hydrogens is 114 g/mol. The van der Waals surface area contributed by atoms with E-state index in [1.54, 1.807) is 6.92 Å². The van der Waals surface area contributed by atoms with Gasteiger partial charge in [0, 0.05) is 6.92 Å². The fraction of sp³-hybridized carbons (Fsp3) is 0.571. The summed E-state index contributed by atoms with van der Waals surface area (Å²) in [5, 5.41) is 2.53. The average Bonchev–Trinajstić information content (AvgIpc) is 1.66. The minimum Gasteiger partial charge on any atom is -0.345 e. The number of hydrogen-bond acceptors (Lipinski definition) is 1. The summed E-state index contributed by atoms with van der Waals surface area (Å²) >= 11 is 0. The summed E-state index contributed by atoms with van der Waals surface area (Å²) in [5.41, 5.74) is 0. The average molecular weight is 127 g/mol. The molecule has 0 aromatic heterocycles. The van der Waals surface area contributed by atoms with Crippen molar-refractivity contribution in [2.75, 3.05) is 6.54 Å². The van der Waals surface area contributed by atoms with Crippen LogP contribution in [0.3, 0.4) is 0 Å². The van der Waals surface area contributed by atoms with Gasteiger partial charge in [0.25, 0.3) is 0 Å². The van der Waals surface area contributed by atoms with E-state index in [9.17, 15) is 4.79 Å². The molecule has 9 heavy (non-hydrogen) atoms. The normalized spacial score (nSPS) is 6.00. The molecule has 0 spiro atoms. The minimum absolute atomic E-state index is 0. The van der Waals surface area contributed by atoms with Gasteiger partial charge in [-0.05, 0) is 6.92 Å². The van der Waals surface area contributed by atoms with Crippen molar-refractivity contribution >= 4 is 5.91 Å². The summed E-state index contributed by atoms with van der Waals surface area (Å²) in [6, 6.07) is 0. The molecule has 0 rings (SSSR count). The molecule has 0 heterocycles. The van der Waals surface area contributed by atoms with Gasteiger partial charge >= 0.3 is 0 Å². The first-order valence-corrected chi connectivity index (χ1v) is 2.41. The second-order valence-corrected chi connectivity index (χ2v) is 1.34. The Bertz CT molecular complexity index is 130. The van der Waals surface area contributed by atoms with E-state index in [1.165, 1.54) is 6.92 Å². The number of amides is 1.